The molecule has 0 saturated carbocycles. The molecule has 0 amide bonds. The molecule has 0 aliphatic rings. The number of hydrogen-bond donors (Lipinski definition) is 1. The normalized spacial score (nSPS) is 12.0. The Morgan fingerprint density at radius 1 is 1.38 bits per heavy atom. The van der Waals surface area contributed by atoms with Crippen molar-refractivity contribution in [1.29, 1.82) is 0 Å². The molecule has 1 N–H and O–H groups in total. The number of nitrogens with zero attached hydrogens (tertiary/aromatic N) is 2. The van der Waals surface area contributed by atoms with Gasteiger partial charge in [0.25, 0.3) is 0 Å². The fourth-order valence-electron chi connectivity index (χ4n) is 1.84. The van der Waals surface area contributed by atoms with E-state index in [0.29, 0.717) is 17.9 Å². The van der Waals surface area contributed by atoms with Gasteiger partial charge in [0, 0.05) is 6.07 Å². The molecule has 1 unspecified atom stereocenters. The van der Waals surface area contributed by atoms with E-state index in [0.717, 1.165) is 5.56 Å². The highest BCUT2D eigenvalue weighted by Crippen LogP contribution is 2.32. The molecule has 1 heterocycles. The number of nitro groups is 1. The first-order valence-electron chi connectivity index (χ1n) is 6.58. The Hall–Kier alpha value is -2.47. The van der Waals surface area contributed by atoms with E-state index in [4.69, 9.17) is 4.74 Å². The van der Waals surface area contributed by atoms with E-state index in [1.165, 1.54) is 12.3 Å². The lowest BCUT2D eigenvalue weighted by molar-refractivity contribution is -0.385. The minimum Gasteiger partial charge on any atom is -0.448 e. The maximum atomic E-state index is 11.0. The fraction of sp³-hybridized carbons (Fsp3) is 0.267. The van der Waals surface area contributed by atoms with Crippen LogP contribution >= 0.6 is 0 Å². The number of pyridine rings is 1. The lowest BCUT2D eigenvalue weighted by atomic mass is 10.2. The summed E-state index contributed by atoms with van der Waals surface area (Å²) in [5.41, 5.74) is 1.31. The zero-order valence-corrected chi connectivity index (χ0v) is 11.8. The topological polar surface area (TPSA) is 85.5 Å². The maximum absolute atomic E-state index is 11.0. The Kier molecular flexibility index (Phi) is 4.49. The lowest BCUT2D eigenvalue weighted by Crippen LogP contribution is -1.99. The minimum atomic E-state index is -0.618. The summed E-state index contributed by atoms with van der Waals surface area (Å²) in [5, 5.41) is 20.7. The predicted octanol–water partition coefficient (Wildman–Crippen LogP) is 3.53. The van der Waals surface area contributed by atoms with Crippen LogP contribution in [0.3, 0.4) is 0 Å². The second-order valence-corrected chi connectivity index (χ2v) is 4.67. The average molecular weight is 288 g/mol. The molecule has 1 aromatic heterocycles. The molecule has 21 heavy (non-hydrogen) atoms. The van der Waals surface area contributed by atoms with Crippen LogP contribution < -0.4 is 4.74 Å². The van der Waals surface area contributed by atoms with Crippen molar-refractivity contribution in [3.05, 3.63) is 57.9 Å². The molecule has 0 aliphatic heterocycles. The van der Waals surface area contributed by atoms with Crippen molar-refractivity contribution >= 4 is 5.69 Å². The molecular formula is C15H16N2O4. The van der Waals surface area contributed by atoms with Crippen molar-refractivity contribution in [3.63, 3.8) is 0 Å². The van der Waals surface area contributed by atoms with Gasteiger partial charge in [-0.15, -0.1) is 0 Å². The van der Waals surface area contributed by atoms with E-state index in [9.17, 15) is 15.2 Å². The number of aromatic nitrogens is 1. The van der Waals surface area contributed by atoms with Crippen LogP contribution in [-0.4, -0.2) is 15.0 Å². The van der Waals surface area contributed by atoms with Gasteiger partial charge in [0.05, 0.1) is 22.9 Å². The van der Waals surface area contributed by atoms with Crippen molar-refractivity contribution in [2.75, 3.05) is 0 Å². The molecule has 2 rings (SSSR count). The molecule has 0 bridgehead atoms. The van der Waals surface area contributed by atoms with Crippen LogP contribution in [0.1, 0.15) is 30.7 Å². The van der Waals surface area contributed by atoms with Crippen molar-refractivity contribution in [2.24, 2.45) is 0 Å². The third kappa shape index (κ3) is 3.55. The van der Waals surface area contributed by atoms with E-state index in [1.807, 2.05) is 13.8 Å². The SMILES string of the molecule is CCC(O)c1ccc(Oc2cc(C)ccc2[N+](=O)[O-])cn1. The number of aliphatic hydroxyl groups excluding tert-OH is 1. The average Bonchev–Trinajstić information content (AvgIpc) is 2.47. The maximum Gasteiger partial charge on any atom is 0.311 e. The molecule has 1 atom stereocenters. The highest BCUT2D eigenvalue weighted by molar-refractivity contribution is 5.50. The van der Waals surface area contributed by atoms with Gasteiger partial charge >= 0.3 is 5.69 Å². The standard InChI is InChI=1S/C15H16N2O4/c1-3-14(18)12-6-5-11(9-16-12)21-15-8-10(2)4-7-13(15)17(19)20/h4-9,14,18H,3H2,1-2H3. The number of aliphatic hydroxyl groups is 1. The molecule has 0 saturated heterocycles. The van der Waals surface area contributed by atoms with Gasteiger partial charge in [-0.3, -0.25) is 15.1 Å². The molecule has 2 aromatic rings. The molecule has 6 heteroatoms. The van der Waals surface area contributed by atoms with Gasteiger partial charge in [-0.1, -0.05) is 13.0 Å². The van der Waals surface area contributed by atoms with Crippen molar-refractivity contribution < 1.29 is 14.8 Å². The Balaban J connectivity index is 2.26. The number of benzene rings is 1. The van der Waals surface area contributed by atoms with E-state index >= 15 is 0 Å². The van der Waals surface area contributed by atoms with Gasteiger partial charge in [-0.2, -0.15) is 0 Å². The Morgan fingerprint density at radius 3 is 2.71 bits per heavy atom. The third-order valence-electron chi connectivity index (χ3n) is 3.03. The van der Waals surface area contributed by atoms with Crippen molar-refractivity contribution in [1.82, 2.24) is 4.98 Å². The summed E-state index contributed by atoms with van der Waals surface area (Å²) in [7, 11) is 0. The van der Waals surface area contributed by atoms with Gasteiger partial charge in [-0.25, -0.2) is 0 Å². The third-order valence-corrected chi connectivity index (χ3v) is 3.03. The number of aryl methyl sites for hydroxylation is 1. The zero-order valence-electron chi connectivity index (χ0n) is 11.8. The molecule has 110 valence electrons. The highest BCUT2D eigenvalue weighted by Gasteiger charge is 2.16. The summed E-state index contributed by atoms with van der Waals surface area (Å²) in [6, 6.07) is 7.95. The van der Waals surface area contributed by atoms with Crippen LogP contribution in [0.4, 0.5) is 5.69 Å². The minimum absolute atomic E-state index is 0.0988. The summed E-state index contributed by atoms with van der Waals surface area (Å²) in [6.07, 6.45) is 1.39. The Labute approximate surface area is 122 Å². The summed E-state index contributed by atoms with van der Waals surface area (Å²) in [4.78, 5) is 14.6. The summed E-state index contributed by atoms with van der Waals surface area (Å²) in [6.45, 7) is 3.68. The molecular weight excluding hydrogens is 272 g/mol. The van der Waals surface area contributed by atoms with E-state index in [1.54, 1.807) is 24.3 Å². The number of ether oxygens (including phenoxy) is 1. The second-order valence-electron chi connectivity index (χ2n) is 4.67. The van der Waals surface area contributed by atoms with Crippen LogP contribution in [-0.2, 0) is 0 Å². The summed E-state index contributed by atoms with van der Waals surface area (Å²) >= 11 is 0. The molecule has 0 radical (unpaired) electrons. The lowest BCUT2D eigenvalue weighted by Gasteiger charge is -2.09. The predicted molar refractivity (Wildman–Crippen MR) is 77.4 cm³/mol. The zero-order chi connectivity index (χ0) is 15.4. The van der Waals surface area contributed by atoms with Crippen LogP contribution in [0.25, 0.3) is 0 Å². The van der Waals surface area contributed by atoms with E-state index in [-0.39, 0.29) is 11.4 Å². The van der Waals surface area contributed by atoms with Crippen molar-refractivity contribution in [2.45, 2.75) is 26.4 Å². The van der Waals surface area contributed by atoms with Gasteiger partial charge in [0.2, 0.25) is 5.75 Å². The van der Waals surface area contributed by atoms with Crippen LogP contribution in [0, 0.1) is 17.0 Å². The monoisotopic (exact) mass is 288 g/mol. The Morgan fingerprint density at radius 2 is 2.14 bits per heavy atom. The van der Waals surface area contributed by atoms with Gasteiger partial charge < -0.3 is 9.84 Å². The van der Waals surface area contributed by atoms with Gasteiger partial charge in [0.15, 0.2) is 0 Å². The number of hydrogen-bond acceptors (Lipinski definition) is 5. The molecule has 6 nitrogen and oxygen atoms in total. The number of rotatable bonds is 5. The smallest absolute Gasteiger partial charge is 0.311 e. The van der Waals surface area contributed by atoms with E-state index in [2.05, 4.69) is 4.98 Å². The highest BCUT2D eigenvalue weighted by atomic mass is 16.6. The molecule has 0 aliphatic carbocycles. The number of nitro benzene ring substituents is 1. The first-order valence-corrected chi connectivity index (χ1v) is 6.58. The van der Waals surface area contributed by atoms with Gasteiger partial charge in [-0.05, 0) is 37.1 Å². The molecule has 0 fully saturated rings. The largest absolute Gasteiger partial charge is 0.448 e. The van der Waals surface area contributed by atoms with Crippen LogP contribution in [0.15, 0.2) is 36.5 Å². The van der Waals surface area contributed by atoms with Crippen LogP contribution in [0.2, 0.25) is 0 Å². The molecule has 0 spiro atoms. The first-order chi connectivity index (χ1) is 10.0. The van der Waals surface area contributed by atoms with E-state index < -0.39 is 11.0 Å². The fourth-order valence-corrected chi connectivity index (χ4v) is 1.84. The van der Waals surface area contributed by atoms with Gasteiger partial charge in [0.1, 0.15) is 5.75 Å². The first kappa shape index (κ1) is 14.9. The summed E-state index contributed by atoms with van der Waals surface area (Å²) < 4.78 is 5.53. The molecule has 1 aromatic carbocycles. The van der Waals surface area contributed by atoms with Crippen LogP contribution in [0.5, 0.6) is 11.5 Å². The van der Waals surface area contributed by atoms with Crippen molar-refractivity contribution in [3.8, 4) is 11.5 Å². The quantitative estimate of drug-likeness (QED) is 0.672. The second kappa shape index (κ2) is 6.32. The Bertz CT molecular complexity index is 641. The summed E-state index contributed by atoms with van der Waals surface area (Å²) in [5.74, 6) is 0.557.